The third-order valence-electron chi connectivity index (χ3n) is 3.43. The highest BCUT2D eigenvalue weighted by atomic mass is 32.2. The highest BCUT2D eigenvalue weighted by Gasteiger charge is 2.26. The van der Waals surface area contributed by atoms with Crippen LogP contribution in [0.3, 0.4) is 0 Å². The zero-order chi connectivity index (χ0) is 14.8. The number of aryl methyl sites for hydroxylation is 1. The summed E-state index contributed by atoms with van der Waals surface area (Å²) >= 11 is 0. The predicted octanol–water partition coefficient (Wildman–Crippen LogP) is 0.205. The highest BCUT2D eigenvalue weighted by Crippen LogP contribution is 2.18. The number of nitrogens with one attached hydrogen (secondary N) is 1. The van der Waals surface area contributed by atoms with Crippen LogP contribution in [0.2, 0.25) is 0 Å². The molecule has 0 spiro atoms. The van der Waals surface area contributed by atoms with Gasteiger partial charge in [0.1, 0.15) is 0 Å². The second kappa shape index (κ2) is 5.82. The number of rotatable bonds is 3. The summed E-state index contributed by atoms with van der Waals surface area (Å²) in [6.45, 7) is 2.64. The average Bonchev–Trinajstić information content (AvgIpc) is 2.64. The van der Waals surface area contributed by atoms with Gasteiger partial charge in [-0.25, -0.2) is 8.42 Å². The van der Waals surface area contributed by atoms with Gasteiger partial charge in [0.15, 0.2) is 15.5 Å². The standard InChI is InChI=1S/C12H20N4O3S/c1-2-4-9-10(13)11(15-14-9)12(17)16-5-3-7-20(18,19)8-6-16/h2-8,13H2,1H3,(H,14,15). The van der Waals surface area contributed by atoms with Crippen molar-refractivity contribution >= 4 is 21.4 Å². The van der Waals surface area contributed by atoms with Crippen LogP contribution in [-0.4, -0.2) is 54.0 Å². The number of anilines is 1. The van der Waals surface area contributed by atoms with Crippen LogP contribution < -0.4 is 5.73 Å². The van der Waals surface area contributed by atoms with Crippen LogP contribution in [0.1, 0.15) is 35.9 Å². The molecule has 20 heavy (non-hydrogen) atoms. The average molecular weight is 300 g/mol. The van der Waals surface area contributed by atoms with Crippen LogP contribution in [0, 0.1) is 0 Å². The molecule has 0 saturated carbocycles. The molecular weight excluding hydrogens is 280 g/mol. The molecule has 0 radical (unpaired) electrons. The van der Waals surface area contributed by atoms with E-state index in [-0.39, 0.29) is 29.7 Å². The van der Waals surface area contributed by atoms with Gasteiger partial charge in [-0.15, -0.1) is 0 Å². The van der Waals surface area contributed by atoms with E-state index in [0.717, 1.165) is 18.5 Å². The molecule has 1 aromatic rings. The summed E-state index contributed by atoms with van der Waals surface area (Å²) in [6.07, 6.45) is 2.10. The van der Waals surface area contributed by atoms with Crippen molar-refractivity contribution in [1.29, 1.82) is 0 Å². The monoisotopic (exact) mass is 300 g/mol. The second-order valence-corrected chi connectivity index (χ2v) is 7.32. The van der Waals surface area contributed by atoms with Crippen LogP contribution in [0.25, 0.3) is 0 Å². The number of H-pyrrole nitrogens is 1. The normalized spacial score (nSPS) is 18.8. The van der Waals surface area contributed by atoms with Gasteiger partial charge in [-0.05, 0) is 12.8 Å². The Hall–Kier alpha value is -1.57. The molecule has 0 atom stereocenters. The van der Waals surface area contributed by atoms with Crippen molar-refractivity contribution in [1.82, 2.24) is 15.1 Å². The quantitative estimate of drug-likeness (QED) is 0.829. The Bertz CT molecular complexity index is 594. The fourth-order valence-electron chi connectivity index (χ4n) is 2.28. The van der Waals surface area contributed by atoms with Gasteiger partial charge in [0, 0.05) is 13.1 Å². The van der Waals surface area contributed by atoms with Crippen LogP contribution in [-0.2, 0) is 16.3 Å². The summed E-state index contributed by atoms with van der Waals surface area (Å²) < 4.78 is 23.1. The molecular formula is C12H20N4O3S. The minimum Gasteiger partial charge on any atom is -0.395 e. The van der Waals surface area contributed by atoms with Crippen molar-refractivity contribution in [3.63, 3.8) is 0 Å². The van der Waals surface area contributed by atoms with Crippen molar-refractivity contribution in [2.45, 2.75) is 26.2 Å². The number of sulfone groups is 1. The first-order valence-electron chi connectivity index (χ1n) is 6.77. The summed E-state index contributed by atoms with van der Waals surface area (Å²) in [7, 11) is -3.03. The zero-order valence-corrected chi connectivity index (χ0v) is 12.4. The van der Waals surface area contributed by atoms with Gasteiger partial charge < -0.3 is 10.6 Å². The number of carbonyl (C=O) groups is 1. The Morgan fingerprint density at radius 3 is 2.85 bits per heavy atom. The molecule has 1 aliphatic rings. The van der Waals surface area contributed by atoms with Crippen LogP contribution in [0.15, 0.2) is 0 Å². The summed E-state index contributed by atoms with van der Waals surface area (Å²) in [5.74, 6) is -0.156. The number of amides is 1. The van der Waals surface area contributed by atoms with Gasteiger partial charge in [-0.2, -0.15) is 5.10 Å². The Labute approximate surface area is 118 Å². The molecule has 112 valence electrons. The minimum atomic E-state index is -3.03. The lowest BCUT2D eigenvalue weighted by atomic mass is 10.2. The first kappa shape index (κ1) is 14.8. The molecule has 2 heterocycles. The summed E-state index contributed by atoms with van der Waals surface area (Å²) in [5.41, 5.74) is 7.27. The number of hydrogen-bond donors (Lipinski definition) is 2. The van der Waals surface area contributed by atoms with Crippen molar-refractivity contribution in [2.24, 2.45) is 0 Å². The van der Waals surface area contributed by atoms with E-state index >= 15 is 0 Å². The largest absolute Gasteiger partial charge is 0.395 e. The SMILES string of the molecule is CCCc1[nH]nc(C(=O)N2CCCS(=O)(=O)CC2)c1N. The van der Waals surface area contributed by atoms with Crippen molar-refractivity contribution in [2.75, 3.05) is 30.3 Å². The molecule has 1 aromatic heterocycles. The number of hydrogen-bond acceptors (Lipinski definition) is 5. The Morgan fingerprint density at radius 2 is 2.15 bits per heavy atom. The van der Waals surface area contributed by atoms with Gasteiger partial charge in [0.05, 0.1) is 22.9 Å². The van der Waals surface area contributed by atoms with E-state index < -0.39 is 9.84 Å². The molecule has 0 aliphatic carbocycles. The maximum absolute atomic E-state index is 12.4. The third kappa shape index (κ3) is 3.12. The number of nitrogen functional groups attached to an aromatic ring is 1. The molecule has 1 amide bonds. The first-order chi connectivity index (χ1) is 9.44. The van der Waals surface area contributed by atoms with Gasteiger partial charge in [0.25, 0.3) is 5.91 Å². The zero-order valence-electron chi connectivity index (χ0n) is 11.6. The lowest BCUT2D eigenvalue weighted by molar-refractivity contribution is 0.0763. The molecule has 1 fully saturated rings. The van der Waals surface area contributed by atoms with E-state index in [1.807, 2.05) is 6.92 Å². The smallest absolute Gasteiger partial charge is 0.276 e. The predicted molar refractivity (Wildman–Crippen MR) is 76.2 cm³/mol. The third-order valence-corrected chi connectivity index (χ3v) is 5.14. The first-order valence-corrected chi connectivity index (χ1v) is 8.59. The number of carbonyl (C=O) groups excluding carboxylic acids is 1. The topological polar surface area (TPSA) is 109 Å². The van der Waals surface area contributed by atoms with Gasteiger partial charge in [-0.1, -0.05) is 13.3 Å². The van der Waals surface area contributed by atoms with E-state index in [4.69, 9.17) is 5.73 Å². The molecule has 1 aliphatic heterocycles. The molecule has 7 nitrogen and oxygen atoms in total. The molecule has 0 bridgehead atoms. The lowest BCUT2D eigenvalue weighted by Gasteiger charge is -2.18. The highest BCUT2D eigenvalue weighted by molar-refractivity contribution is 7.91. The lowest BCUT2D eigenvalue weighted by Crippen LogP contribution is -2.34. The fourth-order valence-corrected chi connectivity index (χ4v) is 3.55. The van der Waals surface area contributed by atoms with Gasteiger partial charge >= 0.3 is 0 Å². The number of nitrogens with two attached hydrogens (primary N) is 1. The number of aromatic nitrogens is 2. The minimum absolute atomic E-state index is 0.00485. The van der Waals surface area contributed by atoms with Gasteiger partial charge in [-0.3, -0.25) is 9.89 Å². The second-order valence-electron chi connectivity index (χ2n) is 5.01. The van der Waals surface area contributed by atoms with E-state index in [1.165, 1.54) is 4.90 Å². The van der Waals surface area contributed by atoms with Crippen LogP contribution in [0.4, 0.5) is 5.69 Å². The Morgan fingerprint density at radius 1 is 1.40 bits per heavy atom. The van der Waals surface area contributed by atoms with E-state index in [9.17, 15) is 13.2 Å². The van der Waals surface area contributed by atoms with Gasteiger partial charge in [0.2, 0.25) is 0 Å². The van der Waals surface area contributed by atoms with E-state index in [1.54, 1.807) is 0 Å². The molecule has 8 heteroatoms. The van der Waals surface area contributed by atoms with Crippen LogP contribution >= 0.6 is 0 Å². The Kier molecular flexibility index (Phi) is 4.32. The molecule has 3 N–H and O–H groups in total. The summed E-state index contributed by atoms with van der Waals surface area (Å²) in [6, 6.07) is 0. The number of aromatic amines is 1. The molecule has 0 aromatic carbocycles. The maximum atomic E-state index is 12.4. The fraction of sp³-hybridized carbons (Fsp3) is 0.667. The number of nitrogens with zero attached hydrogens (tertiary/aromatic N) is 2. The van der Waals surface area contributed by atoms with E-state index in [0.29, 0.717) is 18.7 Å². The van der Waals surface area contributed by atoms with Crippen molar-refractivity contribution in [3.8, 4) is 0 Å². The molecule has 0 unspecified atom stereocenters. The summed E-state index contributed by atoms with van der Waals surface area (Å²) in [4.78, 5) is 13.9. The summed E-state index contributed by atoms with van der Waals surface area (Å²) in [5, 5.41) is 6.77. The van der Waals surface area contributed by atoms with Crippen LogP contribution in [0.5, 0.6) is 0 Å². The van der Waals surface area contributed by atoms with Crippen molar-refractivity contribution in [3.05, 3.63) is 11.4 Å². The Balaban J connectivity index is 2.15. The van der Waals surface area contributed by atoms with E-state index in [2.05, 4.69) is 10.2 Å². The molecule has 2 rings (SSSR count). The molecule has 1 saturated heterocycles. The van der Waals surface area contributed by atoms with Crippen molar-refractivity contribution < 1.29 is 13.2 Å². The maximum Gasteiger partial charge on any atom is 0.276 e.